The Morgan fingerprint density at radius 3 is 3.16 bits per heavy atom. The summed E-state index contributed by atoms with van der Waals surface area (Å²) < 4.78 is 5.49. The Balaban J connectivity index is 1.74. The molecule has 6 nitrogen and oxygen atoms in total. The first-order valence-electron chi connectivity index (χ1n) is 6.05. The van der Waals surface area contributed by atoms with Crippen molar-refractivity contribution in [1.82, 2.24) is 9.97 Å². The van der Waals surface area contributed by atoms with Crippen molar-refractivity contribution in [2.75, 3.05) is 10.6 Å². The van der Waals surface area contributed by atoms with Gasteiger partial charge in [-0.3, -0.25) is 4.79 Å². The molecule has 98 valence electrons. The van der Waals surface area contributed by atoms with Gasteiger partial charge >= 0.3 is 0 Å². The first-order valence-corrected chi connectivity index (χ1v) is 6.05. The van der Waals surface area contributed by atoms with Gasteiger partial charge in [0.1, 0.15) is 5.75 Å². The number of carbonyl (C=O) groups is 1. The second-order valence-electron chi connectivity index (χ2n) is 4.39. The molecule has 0 bridgehead atoms. The molecule has 3 rings (SSSR count). The number of nitrogens with zero attached hydrogens (tertiary/aromatic N) is 1. The van der Waals surface area contributed by atoms with Crippen molar-refractivity contribution >= 4 is 17.3 Å². The minimum atomic E-state index is -0.448. The number of H-pyrrole nitrogens is 1. The maximum absolute atomic E-state index is 11.5. The third-order valence-electron chi connectivity index (χ3n) is 2.95. The van der Waals surface area contributed by atoms with E-state index in [1.165, 1.54) is 0 Å². The van der Waals surface area contributed by atoms with Crippen molar-refractivity contribution in [3.05, 3.63) is 36.4 Å². The molecular weight excluding hydrogens is 244 g/mol. The molecule has 1 aliphatic heterocycles. The van der Waals surface area contributed by atoms with Gasteiger partial charge in [0.2, 0.25) is 0 Å². The van der Waals surface area contributed by atoms with E-state index in [-0.39, 0.29) is 5.91 Å². The number of hydrogen-bond donors (Lipinski definition) is 3. The third kappa shape index (κ3) is 2.37. The largest absolute Gasteiger partial charge is 0.479 e. The Hall–Kier alpha value is -2.50. The maximum atomic E-state index is 11.5. The lowest BCUT2D eigenvalue weighted by Crippen LogP contribution is -2.34. The van der Waals surface area contributed by atoms with E-state index in [0.29, 0.717) is 18.0 Å². The molecule has 0 radical (unpaired) electrons. The number of hydrogen-bond acceptors (Lipinski definition) is 4. The first-order chi connectivity index (χ1) is 9.22. The SMILES string of the molecule is CC1Oc2ccc(NCc3cnc[nH]3)cc2NC1=O. The number of aromatic amines is 1. The van der Waals surface area contributed by atoms with Crippen LogP contribution in [0.5, 0.6) is 5.75 Å². The topological polar surface area (TPSA) is 79.0 Å². The number of amides is 1. The van der Waals surface area contributed by atoms with Crippen LogP contribution in [0.3, 0.4) is 0 Å². The minimum Gasteiger partial charge on any atom is -0.479 e. The van der Waals surface area contributed by atoms with E-state index in [1.807, 2.05) is 18.2 Å². The van der Waals surface area contributed by atoms with E-state index >= 15 is 0 Å². The van der Waals surface area contributed by atoms with Gasteiger partial charge in [0, 0.05) is 11.9 Å². The van der Waals surface area contributed by atoms with Crippen LogP contribution in [0.1, 0.15) is 12.6 Å². The predicted molar refractivity (Wildman–Crippen MR) is 71.1 cm³/mol. The molecule has 1 aliphatic rings. The van der Waals surface area contributed by atoms with Crippen LogP contribution in [0.25, 0.3) is 0 Å². The highest BCUT2D eigenvalue weighted by Crippen LogP contribution is 2.32. The van der Waals surface area contributed by atoms with Crippen LogP contribution in [0.2, 0.25) is 0 Å². The number of aromatic nitrogens is 2. The molecule has 19 heavy (non-hydrogen) atoms. The minimum absolute atomic E-state index is 0.127. The number of ether oxygens (including phenoxy) is 1. The van der Waals surface area contributed by atoms with Crippen LogP contribution in [-0.4, -0.2) is 22.0 Å². The van der Waals surface area contributed by atoms with E-state index in [0.717, 1.165) is 11.4 Å². The summed E-state index contributed by atoms with van der Waals surface area (Å²) in [6.45, 7) is 2.37. The highest BCUT2D eigenvalue weighted by molar-refractivity contribution is 5.98. The van der Waals surface area contributed by atoms with E-state index in [4.69, 9.17) is 4.74 Å². The van der Waals surface area contributed by atoms with Gasteiger partial charge in [-0.25, -0.2) is 4.98 Å². The molecule has 0 spiro atoms. The number of imidazole rings is 1. The van der Waals surface area contributed by atoms with Crippen LogP contribution in [0, 0.1) is 0 Å². The zero-order valence-corrected chi connectivity index (χ0v) is 10.4. The van der Waals surface area contributed by atoms with Gasteiger partial charge in [-0.1, -0.05) is 0 Å². The summed E-state index contributed by atoms with van der Waals surface area (Å²) in [6.07, 6.45) is 2.95. The summed E-state index contributed by atoms with van der Waals surface area (Å²) in [6, 6.07) is 5.62. The molecule has 1 amide bonds. The number of fused-ring (bicyclic) bond motifs is 1. The van der Waals surface area contributed by atoms with Gasteiger partial charge in [0.25, 0.3) is 5.91 Å². The van der Waals surface area contributed by atoms with Crippen molar-refractivity contribution in [3.63, 3.8) is 0 Å². The fraction of sp³-hybridized carbons (Fsp3) is 0.231. The molecule has 1 aromatic carbocycles. The maximum Gasteiger partial charge on any atom is 0.265 e. The molecule has 0 fully saturated rings. The number of benzene rings is 1. The molecule has 3 N–H and O–H groups in total. The third-order valence-corrected chi connectivity index (χ3v) is 2.95. The van der Waals surface area contributed by atoms with Gasteiger partial charge in [-0.15, -0.1) is 0 Å². The molecule has 0 aliphatic carbocycles. The molecule has 1 aromatic heterocycles. The Morgan fingerprint density at radius 1 is 1.47 bits per heavy atom. The molecule has 6 heteroatoms. The number of rotatable bonds is 3. The first kappa shape index (κ1) is 11.6. The van der Waals surface area contributed by atoms with E-state index in [9.17, 15) is 4.79 Å². The van der Waals surface area contributed by atoms with Gasteiger partial charge in [-0.2, -0.15) is 0 Å². The smallest absolute Gasteiger partial charge is 0.265 e. The predicted octanol–water partition coefficient (Wildman–Crippen LogP) is 1.74. The molecule has 1 atom stereocenters. The van der Waals surface area contributed by atoms with Gasteiger partial charge < -0.3 is 20.4 Å². The molecular formula is C13H14N4O2. The summed E-state index contributed by atoms with van der Waals surface area (Å²) in [4.78, 5) is 18.5. The monoisotopic (exact) mass is 258 g/mol. The lowest BCUT2D eigenvalue weighted by Gasteiger charge is -2.23. The Bertz CT molecular complexity index is 595. The highest BCUT2D eigenvalue weighted by atomic mass is 16.5. The number of anilines is 2. The summed E-state index contributed by atoms with van der Waals surface area (Å²) in [5.41, 5.74) is 2.59. The fourth-order valence-corrected chi connectivity index (χ4v) is 1.90. The average Bonchev–Trinajstić information content (AvgIpc) is 2.91. The average molecular weight is 258 g/mol. The Morgan fingerprint density at radius 2 is 2.37 bits per heavy atom. The van der Waals surface area contributed by atoms with Crippen molar-refractivity contribution < 1.29 is 9.53 Å². The summed E-state index contributed by atoms with van der Waals surface area (Å²) >= 11 is 0. The van der Waals surface area contributed by atoms with Crippen molar-refractivity contribution in [2.45, 2.75) is 19.6 Å². The van der Waals surface area contributed by atoms with Crippen LogP contribution in [0.4, 0.5) is 11.4 Å². The lowest BCUT2D eigenvalue weighted by molar-refractivity contribution is -0.122. The Kier molecular flexibility index (Phi) is 2.83. The second-order valence-corrected chi connectivity index (χ2v) is 4.39. The number of nitrogens with one attached hydrogen (secondary N) is 3. The standard InChI is InChI=1S/C13H14N4O2/c1-8-13(18)17-11-4-9(2-3-12(11)19-8)15-6-10-5-14-7-16-10/h2-5,7-8,15H,6H2,1H3,(H,14,16)(H,17,18). The second kappa shape index (κ2) is 4.64. The lowest BCUT2D eigenvalue weighted by atomic mass is 10.2. The van der Waals surface area contributed by atoms with Crippen molar-refractivity contribution in [1.29, 1.82) is 0 Å². The number of carbonyl (C=O) groups excluding carboxylic acids is 1. The van der Waals surface area contributed by atoms with Gasteiger partial charge in [0.05, 0.1) is 24.3 Å². The highest BCUT2D eigenvalue weighted by Gasteiger charge is 2.23. The van der Waals surface area contributed by atoms with Crippen LogP contribution in [-0.2, 0) is 11.3 Å². The van der Waals surface area contributed by atoms with Crippen LogP contribution < -0.4 is 15.4 Å². The molecule has 2 heterocycles. The summed E-state index contributed by atoms with van der Waals surface area (Å²) in [5, 5.41) is 6.06. The van der Waals surface area contributed by atoms with E-state index < -0.39 is 6.10 Å². The summed E-state index contributed by atoms with van der Waals surface area (Å²) in [5.74, 6) is 0.567. The Labute approximate surface area is 110 Å². The normalized spacial score (nSPS) is 17.3. The quantitative estimate of drug-likeness (QED) is 0.783. The van der Waals surface area contributed by atoms with Gasteiger partial charge in [0.15, 0.2) is 6.10 Å². The zero-order valence-electron chi connectivity index (χ0n) is 10.4. The molecule has 0 saturated heterocycles. The molecule has 2 aromatic rings. The van der Waals surface area contributed by atoms with Crippen molar-refractivity contribution in [3.8, 4) is 5.75 Å². The van der Waals surface area contributed by atoms with Crippen LogP contribution in [0.15, 0.2) is 30.7 Å². The van der Waals surface area contributed by atoms with Crippen LogP contribution >= 0.6 is 0 Å². The van der Waals surface area contributed by atoms with E-state index in [2.05, 4.69) is 20.6 Å². The molecule has 0 saturated carbocycles. The molecule has 1 unspecified atom stereocenters. The van der Waals surface area contributed by atoms with Gasteiger partial charge in [-0.05, 0) is 25.1 Å². The summed E-state index contributed by atoms with van der Waals surface area (Å²) in [7, 11) is 0. The van der Waals surface area contributed by atoms with E-state index in [1.54, 1.807) is 19.4 Å². The van der Waals surface area contributed by atoms with Crippen molar-refractivity contribution in [2.24, 2.45) is 0 Å². The zero-order chi connectivity index (χ0) is 13.2. The fourth-order valence-electron chi connectivity index (χ4n) is 1.90.